The molecule has 6 nitrogen and oxygen atoms in total. The predicted octanol–water partition coefficient (Wildman–Crippen LogP) is 16.2. The highest BCUT2D eigenvalue weighted by Gasteiger charge is 2.23. The molecule has 0 saturated heterocycles. The number of fused-ring (bicyclic) bond motifs is 13. The summed E-state index contributed by atoms with van der Waals surface area (Å²) in [7, 11) is 0. The lowest BCUT2D eigenvalue weighted by Crippen LogP contribution is -1.96. The lowest BCUT2D eigenvalue weighted by atomic mass is 9.91. The van der Waals surface area contributed by atoms with Crippen LogP contribution in [-0.2, 0) is 0 Å². The molecule has 302 valence electrons. The number of para-hydroxylation sites is 6. The Hall–Kier alpha value is -8.87. The Morgan fingerprint density at radius 1 is 0.292 bits per heavy atom. The van der Waals surface area contributed by atoms with E-state index >= 15 is 0 Å². The first kappa shape index (κ1) is 35.7. The van der Waals surface area contributed by atoms with Crippen LogP contribution < -0.4 is 0 Å². The van der Waals surface area contributed by atoms with Crippen LogP contribution in [-0.4, -0.2) is 15.0 Å². The third-order valence-corrected chi connectivity index (χ3v) is 12.9. The van der Waals surface area contributed by atoms with Gasteiger partial charge in [0.15, 0.2) is 5.82 Å². The Labute approximate surface area is 370 Å². The molecular formula is C59H33N3O3. The topological polar surface area (TPSA) is 78.1 Å². The largest absolute Gasteiger partial charge is 0.455 e. The average Bonchev–Trinajstić information content (AvgIpc) is 4.08. The summed E-state index contributed by atoms with van der Waals surface area (Å²) in [5.41, 5.74) is 14.0. The fourth-order valence-electron chi connectivity index (χ4n) is 9.91. The molecule has 0 fully saturated rings. The zero-order valence-electron chi connectivity index (χ0n) is 34.6. The van der Waals surface area contributed by atoms with E-state index in [1.807, 2.05) is 60.7 Å². The minimum atomic E-state index is 0.561. The molecule has 6 heteroatoms. The highest BCUT2D eigenvalue weighted by Crippen LogP contribution is 2.46. The normalized spacial score (nSPS) is 12.0. The average molecular weight is 832 g/mol. The maximum Gasteiger partial charge on any atom is 0.164 e. The summed E-state index contributed by atoms with van der Waals surface area (Å²) < 4.78 is 19.9. The predicted molar refractivity (Wildman–Crippen MR) is 264 cm³/mol. The fraction of sp³-hybridized carbons (Fsp3) is 0. The Balaban J connectivity index is 0.990. The van der Waals surface area contributed by atoms with Crippen molar-refractivity contribution in [2.75, 3.05) is 0 Å². The van der Waals surface area contributed by atoms with E-state index in [0.717, 1.165) is 138 Å². The van der Waals surface area contributed by atoms with Gasteiger partial charge in [0, 0.05) is 70.7 Å². The second-order valence-corrected chi connectivity index (χ2v) is 16.6. The minimum absolute atomic E-state index is 0.561. The molecule has 0 amide bonds. The van der Waals surface area contributed by atoms with E-state index in [-0.39, 0.29) is 0 Å². The van der Waals surface area contributed by atoms with Crippen LogP contribution in [0.4, 0.5) is 0 Å². The van der Waals surface area contributed by atoms with Gasteiger partial charge in [-0.05, 0) is 54.1 Å². The summed E-state index contributed by atoms with van der Waals surface area (Å²) in [6, 6.07) is 68.9. The molecule has 5 aromatic heterocycles. The smallest absolute Gasteiger partial charge is 0.164 e. The number of nitrogens with zero attached hydrogens (tertiary/aromatic N) is 3. The van der Waals surface area contributed by atoms with Gasteiger partial charge in [0.1, 0.15) is 33.5 Å². The molecule has 0 aliphatic heterocycles. The van der Waals surface area contributed by atoms with Gasteiger partial charge in [0.05, 0.1) is 28.2 Å². The first-order valence-corrected chi connectivity index (χ1v) is 21.8. The summed E-state index contributed by atoms with van der Waals surface area (Å²) >= 11 is 0. The number of pyridine rings is 1. The van der Waals surface area contributed by atoms with Crippen LogP contribution in [0.5, 0.6) is 0 Å². The monoisotopic (exact) mass is 831 g/mol. The lowest BCUT2D eigenvalue weighted by Gasteiger charge is -2.14. The van der Waals surface area contributed by atoms with Crippen molar-refractivity contribution < 1.29 is 13.3 Å². The van der Waals surface area contributed by atoms with Gasteiger partial charge in [-0.25, -0.2) is 15.0 Å². The van der Waals surface area contributed by atoms with Gasteiger partial charge >= 0.3 is 0 Å². The van der Waals surface area contributed by atoms with Crippen LogP contribution >= 0.6 is 0 Å². The Morgan fingerprint density at radius 3 is 1.55 bits per heavy atom. The van der Waals surface area contributed by atoms with Crippen LogP contribution in [0.1, 0.15) is 0 Å². The van der Waals surface area contributed by atoms with Crippen LogP contribution in [0, 0.1) is 0 Å². The Kier molecular flexibility index (Phi) is 7.59. The van der Waals surface area contributed by atoms with Crippen molar-refractivity contribution in [1.82, 2.24) is 15.0 Å². The quantitative estimate of drug-likeness (QED) is 0.161. The van der Waals surface area contributed by atoms with Crippen LogP contribution in [0.2, 0.25) is 0 Å². The van der Waals surface area contributed by atoms with Crippen molar-refractivity contribution in [3.63, 3.8) is 0 Å². The highest BCUT2D eigenvalue weighted by atomic mass is 16.3. The van der Waals surface area contributed by atoms with Gasteiger partial charge < -0.3 is 13.3 Å². The molecule has 0 spiro atoms. The molecule has 0 unspecified atom stereocenters. The maximum absolute atomic E-state index is 6.84. The summed E-state index contributed by atoms with van der Waals surface area (Å²) in [5.74, 6) is 0.561. The molecule has 0 bridgehead atoms. The van der Waals surface area contributed by atoms with Gasteiger partial charge in [0.2, 0.25) is 0 Å². The molecule has 0 aliphatic carbocycles. The molecule has 14 aromatic rings. The van der Waals surface area contributed by atoms with Crippen molar-refractivity contribution in [3.05, 3.63) is 200 Å². The molecule has 9 aromatic carbocycles. The van der Waals surface area contributed by atoms with Gasteiger partial charge in [-0.3, -0.25) is 0 Å². The van der Waals surface area contributed by atoms with Gasteiger partial charge in [-0.1, -0.05) is 152 Å². The Bertz CT molecular complexity index is 4110. The number of benzene rings is 9. The molecule has 0 atom stereocenters. The van der Waals surface area contributed by atoms with E-state index < -0.39 is 0 Å². The van der Waals surface area contributed by atoms with Gasteiger partial charge in [-0.2, -0.15) is 0 Å². The van der Waals surface area contributed by atoms with Crippen LogP contribution in [0.15, 0.2) is 213 Å². The second kappa shape index (κ2) is 13.8. The molecule has 5 heterocycles. The van der Waals surface area contributed by atoms with Gasteiger partial charge in [-0.15, -0.1) is 0 Å². The van der Waals surface area contributed by atoms with Crippen LogP contribution in [0.25, 0.3) is 144 Å². The van der Waals surface area contributed by atoms with Crippen molar-refractivity contribution in [2.24, 2.45) is 0 Å². The zero-order valence-corrected chi connectivity index (χ0v) is 34.6. The first-order valence-electron chi connectivity index (χ1n) is 21.8. The molecule has 0 saturated carbocycles. The van der Waals surface area contributed by atoms with E-state index in [9.17, 15) is 0 Å². The third-order valence-electron chi connectivity index (χ3n) is 12.9. The molecule has 14 rings (SSSR count). The molecular weight excluding hydrogens is 799 g/mol. The van der Waals surface area contributed by atoms with Crippen LogP contribution in [0.3, 0.4) is 0 Å². The third kappa shape index (κ3) is 5.44. The standard InChI is InChI=1S/C59H33N3O3/c1-2-14-36(15-3-1)55-46-32-45(58-54(43-19-7-11-27-52(43)65-58)53(46)41-18-4-8-24-47(41)60-55)34-28-30-35(31-29-34)48-33-49(42-22-12-20-39-37-16-5-9-25-50(37)63-56(39)42)62-59(61-48)44-23-13-21-40-38-17-6-10-26-51(38)64-57(40)44/h1-33H. The molecule has 65 heavy (non-hydrogen) atoms. The highest BCUT2D eigenvalue weighted by molar-refractivity contribution is 6.30. The van der Waals surface area contributed by atoms with Gasteiger partial charge in [0.25, 0.3) is 0 Å². The number of hydrogen-bond acceptors (Lipinski definition) is 6. The Morgan fingerprint density at radius 2 is 0.831 bits per heavy atom. The number of furan rings is 3. The number of hydrogen-bond donors (Lipinski definition) is 0. The van der Waals surface area contributed by atoms with Crippen molar-refractivity contribution in [3.8, 4) is 56.3 Å². The maximum atomic E-state index is 6.84. The number of aromatic nitrogens is 3. The van der Waals surface area contributed by atoms with E-state index in [1.54, 1.807) is 0 Å². The zero-order chi connectivity index (χ0) is 42.6. The summed E-state index contributed by atoms with van der Waals surface area (Å²) in [6.07, 6.45) is 0. The van der Waals surface area contributed by atoms with Crippen molar-refractivity contribution >= 4 is 87.5 Å². The molecule has 0 N–H and O–H groups in total. The SMILES string of the molecule is c1ccc(-c2nc3ccccc3c3c2cc(-c2ccc(-c4cc(-c5cccc6c5oc5ccccc56)nc(-c5cccc6c5oc5ccccc56)n4)cc2)c2oc4ccccc4c23)cc1. The van der Waals surface area contributed by atoms with Crippen molar-refractivity contribution in [2.45, 2.75) is 0 Å². The summed E-state index contributed by atoms with van der Waals surface area (Å²) in [4.78, 5) is 15.9. The van der Waals surface area contributed by atoms with E-state index in [2.05, 4.69) is 140 Å². The minimum Gasteiger partial charge on any atom is -0.455 e. The first-order chi connectivity index (χ1) is 32.2. The molecule has 0 radical (unpaired) electrons. The number of rotatable bonds is 5. The summed E-state index contributed by atoms with van der Waals surface area (Å²) in [6.45, 7) is 0. The second-order valence-electron chi connectivity index (χ2n) is 16.6. The lowest BCUT2D eigenvalue weighted by molar-refractivity contribution is 0.669. The van der Waals surface area contributed by atoms with Crippen molar-refractivity contribution in [1.29, 1.82) is 0 Å². The van der Waals surface area contributed by atoms with E-state index in [1.165, 1.54) is 0 Å². The summed E-state index contributed by atoms with van der Waals surface area (Å²) in [5, 5.41) is 9.61. The fourth-order valence-corrected chi connectivity index (χ4v) is 9.91. The van der Waals surface area contributed by atoms with E-state index in [4.69, 9.17) is 28.2 Å². The van der Waals surface area contributed by atoms with E-state index in [0.29, 0.717) is 5.82 Å². The molecule has 0 aliphatic rings.